The van der Waals surface area contributed by atoms with Gasteiger partial charge in [-0.25, -0.2) is 4.68 Å². The normalized spacial score (nSPS) is 12.6. The zero-order chi connectivity index (χ0) is 15.6. The summed E-state index contributed by atoms with van der Waals surface area (Å²) in [4.78, 5) is 11.3. The van der Waals surface area contributed by atoms with Gasteiger partial charge in [-0.15, -0.1) is 0 Å². The van der Waals surface area contributed by atoms with Crippen LogP contribution in [0.2, 0.25) is 0 Å². The summed E-state index contributed by atoms with van der Waals surface area (Å²) in [5.74, 6) is 0.962. The van der Waals surface area contributed by atoms with Crippen molar-refractivity contribution < 1.29 is 4.79 Å². The highest BCUT2D eigenvalue weighted by molar-refractivity contribution is 5.91. The SMILES string of the molecule is CCC(C)c1ccc(-c2nn(C(C)C)c(N)c2C=O)cc1. The number of rotatable bonds is 5. The van der Waals surface area contributed by atoms with Gasteiger partial charge >= 0.3 is 0 Å². The second-order valence-corrected chi connectivity index (χ2v) is 5.73. The molecule has 0 saturated carbocycles. The lowest BCUT2D eigenvalue weighted by atomic mass is 9.96. The van der Waals surface area contributed by atoms with Crippen molar-refractivity contribution in [2.45, 2.75) is 46.1 Å². The lowest BCUT2D eigenvalue weighted by molar-refractivity contribution is 0.112. The van der Waals surface area contributed by atoms with Crippen molar-refractivity contribution in [1.29, 1.82) is 0 Å². The average molecular weight is 285 g/mol. The number of aromatic nitrogens is 2. The van der Waals surface area contributed by atoms with Gasteiger partial charge in [-0.05, 0) is 31.7 Å². The summed E-state index contributed by atoms with van der Waals surface area (Å²) in [5, 5.41) is 4.51. The summed E-state index contributed by atoms with van der Waals surface area (Å²) >= 11 is 0. The molecule has 0 saturated heterocycles. The Morgan fingerprint density at radius 2 is 1.86 bits per heavy atom. The van der Waals surface area contributed by atoms with E-state index in [1.165, 1.54) is 5.56 Å². The van der Waals surface area contributed by atoms with Gasteiger partial charge in [-0.3, -0.25) is 4.79 Å². The van der Waals surface area contributed by atoms with E-state index >= 15 is 0 Å². The van der Waals surface area contributed by atoms with E-state index in [1.54, 1.807) is 4.68 Å². The molecule has 0 amide bonds. The number of hydrogen-bond acceptors (Lipinski definition) is 3. The maximum Gasteiger partial charge on any atom is 0.156 e. The highest BCUT2D eigenvalue weighted by Gasteiger charge is 2.18. The third-order valence-electron chi connectivity index (χ3n) is 3.96. The first-order chi connectivity index (χ1) is 9.99. The Morgan fingerprint density at radius 3 is 2.33 bits per heavy atom. The minimum Gasteiger partial charge on any atom is -0.383 e. The number of nitrogens with two attached hydrogens (primary N) is 1. The standard InChI is InChI=1S/C17H23N3O/c1-5-12(4)13-6-8-14(9-7-13)16-15(10-21)17(18)20(19-16)11(2)3/h6-12H,5,18H2,1-4H3. The van der Waals surface area contributed by atoms with Crippen LogP contribution in [0.4, 0.5) is 5.82 Å². The summed E-state index contributed by atoms with van der Waals surface area (Å²) in [6, 6.07) is 8.35. The van der Waals surface area contributed by atoms with Crippen molar-refractivity contribution in [1.82, 2.24) is 9.78 Å². The predicted octanol–water partition coefficient (Wildman–Crippen LogP) is 4.04. The highest BCUT2D eigenvalue weighted by Crippen LogP contribution is 2.29. The second kappa shape index (κ2) is 6.12. The van der Waals surface area contributed by atoms with Crippen LogP contribution in [0.5, 0.6) is 0 Å². The number of aldehydes is 1. The predicted molar refractivity (Wildman–Crippen MR) is 86.6 cm³/mol. The number of carbonyl (C=O) groups is 1. The van der Waals surface area contributed by atoms with Crippen molar-refractivity contribution in [2.75, 3.05) is 5.73 Å². The summed E-state index contributed by atoms with van der Waals surface area (Å²) in [6.45, 7) is 8.37. The minimum atomic E-state index is 0.122. The molecule has 1 heterocycles. The van der Waals surface area contributed by atoms with Gasteiger partial charge in [-0.1, -0.05) is 38.1 Å². The highest BCUT2D eigenvalue weighted by atomic mass is 16.1. The molecule has 4 heteroatoms. The van der Waals surface area contributed by atoms with Gasteiger partial charge in [0.25, 0.3) is 0 Å². The molecule has 0 fully saturated rings. The fourth-order valence-corrected chi connectivity index (χ4v) is 2.39. The Morgan fingerprint density at radius 1 is 1.24 bits per heavy atom. The lowest BCUT2D eigenvalue weighted by Crippen LogP contribution is -2.07. The molecule has 0 radical (unpaired) electrons. The molecule has 0 aliphatic carbocycles. The second-order valence-electron chi connectivity index (χ2n) is 5.73. The van der Waals surface area contributed by atoms with Crippen molar-refractivity contribution in [3.8, 4) is 11.3 Å². The Kier molecular flexibility index (Phi) is 4.46. The van der Waals surface area contributed by atoms with Crippen LogP contribution in [0.3, 0.4) is 0 Å². The Labute approximate surface area is 126 Å². The Hall–Kier alpha value is -2.10. The summed E-state index contributed by atoms with van der Waals surface area (Å²) < 4.78 is 1.70. The molecule has 21 heavy (non-hydrogen) atoms. The first-order valence-corrected chi connectivity index (χ1v) is 7.43. The van der Waals surface area contributed by atoms with Crippen molar-refractivity contribution in [3.05, 3.63) is 35.4 Å². The zero-order valence-corrected chi connectivity index (χ0v) is 13.1. The van der Waals surface area contributed by atoms with Crippen LogP contribution in [0.25, 0.3) is 11.3 Å². The molecule has 1 unspecified atom stereocenters. The van der Waals surface area contributed by atoms with Gasteiger partial charge < -0.3 is 5.73 Å². The molecule has 0 aliphatic heterocycles. The Bertz CT molecular complexity index is 626. The molecule has 4 nitrogen and oxygen atoms in total. The van der Waals surface area contributed by atoms with E-state index in [1.807, 2.05) is 26.0 Å². The molecule has 2 aromatic rings. The van der Waals surface area contributed by atoms with E-state index in [0.29, 0.717) is 23.0 Å². The van der Waals surface area contributed by atoms with Gasteiger partial charge in [0.1, 0.15) is 11.5 Å². The molecule has 2 rings (SSSR count). The monoisotopic (exact) mass is 285 g/mol. The van der Waals surface area contributed by atoms with E-state index in [4.69, 9.17) is 5.73 Å². The van der Waals surface area contributed by atoms with Crippen LogP contribution >= 0.6 is 0 Å². The molecule has 112 valence electrons. The summed E-state index contributed by atoms with van der Waals surface area (Å²) in [7, 11) is 0. The number of nitrogens with zero attached hydrogens (tertiary/aromatic N) is 2. The van der Waals surface area contributed by atoms with E-state index in [0.717, 1.165) is 18.3 Å². The maximum absolute atomic E-state index is 11.3. The lowest BCUT2D eigenvalue weighted by Gasteiger charge is -2.09. The largest absolute Gasteiger partial charge is 0.383 e. The van der Waals surface area contributed by atoms with Crippen LogP contribution in [0, 0.1) is 0 Å². The van der Waals surface area contributed by atoms with E-state index in [9.17, 15) is 4.79 Å². The fraction of sp³-hybridized carbons (Fsp3) is 0.412. The molecule has 1 atom stereocenters. The van der Waals surface area contributed by atoms with Gasteiger partial charge in [0, 0.05) is 11.6 Å². The van der Waals surface area contributed by atoms with Crippen LogP contribution in [-0.4, -0.2) is 16.1 Å². The first-order valence-electron chi connectivity index (χ1n) is 7.43. The van der Waals surface area contributed by atoms with Gasteiger partial charge in [0.05, 0.1) is 5.56 Å². The molecular weight excluding hydrogens is 262 g/mol. The number of carbonyl (C=O) groups excluding carboxylic acids is 1. The summed E-state index contributed by atoms with van der Waals surface area (Å²) in [5.41, 5.74) is 9.38. The maximum atomic E-state index is 11.3. The Balaban J connectivity index is 2.46. The van der Waals surface area contributed by atoms with Crippen LogP contribution in [-0.2, 0) is 0 Å². The quantitative estimate of drug-likeness (QED) is 0.843. The number of benzene rings is 1. The van der Waals surface area contributed by atoms with Crippen molar-refractivity contribution in [2.24, 2.45) is 0 Å². The number of anilines is 1. The van der Waals surface area contributed by atoms with Crippen molar-refractivity contribution in [3.63, 3.8) is 0 Å². The average Bonchev–Trinajstić information content (AvgIpc) is 2.83. The van der Waals surface area contributed by atoms with E-state index in [2.05, 4.69) is 31.1 Å². The third kappa shape index (κ3) is 2.84. The van der Waals surface area contributed by atoms with Crippen molar-refractivity contribution >= 4 is 12.1 Å². The number of nitrogen functional groups attached to an aromatic ring is 1. The third-order valence-corrected chi connectivity index (χ3v) is 3.96. The van der Waals surface area contributed by atoms with Gasteiger partial charge in [0.2, 0.25) is 0 Å². The molecular formula is C17H23N3O. The zero-order valence-electron chi connectivity index (χ0n) is 13.1. The first kappa shape index (κ1) is 15.3. The van der Waals surface area contributed by atoms with E-state index in [-0.39, 0.29) is 6.04 Å². The van der Waals surface area contributed by atoms with Crippen LogP contribution in [0.1, 0.15) is 62.0 Å². The number of hydrogen-bond donors (Lipinski definition) is 1. The summed E-state index contributed by atoms with van der Waals surface area (Å²) in [6.07, 6.45) is 1.90. The van der Waals surface area contributed by atoms with Crippen LogP contribution < -0.4 is 5.73 Å². The van der Waals surface area contributed by atoms with Crippen LogP contribution in [0.15, 0.2) is 24.3 Å². The molecule has 0 aliphatic rings. The molecule has 2 N–H and O–H groups in total. The fourth-order valence-electron chi connectivity index (χ4n) is 2.39. The molecule has 1 aromatic heterocycles. The topological polar surface area (TPSA) is 60.9 Å². The minimum absolute atomic E-state index is 0.122. The van der Waals surface area contributed by atoms with E-state index < -0.39 is 0 Å². The molecule has 0 bridgehead atoms. The molecule has 0 spiro atoms. The molecule has 1 aromatic carbocycles. The van der Waals surface area contributed by atoms with Gasteiger partial charge in [-0.2, -0.15) is 5.10 Å². The van der Waals surface area contributed by atoms with Gasteiger partial charge in [0.15, 0.2) is 6.29 Å². The smallest absolute Gasteiger partial charge is 0.156 e.